The lowest BCUT2D eigenvalue weighted by atomic mass is 10.1. The Hall–Kier alpha value is -2.72. The molecule has 0 aliphatic carbocycles. The quantitative estimate of drug-likeness (QED) is 0.420. The normalized spacial score (nSPS) is 12.4. The minimum Gasteiger partial charge on any atom is -0.497 e. The molecule has 1 aliphatic rings. The number of hydrogen-bond donors (Lipinski definition) is 0. The molecule has 116 valence electrons. The number of hydrogen-bond acceptors (Lipinski definition) is 3. The molecule has 0 unspecified atom stereocenters. The van der Waals surface area contributed by atoms with Crippen LogP contribution in [0, 0.1) is 0 Å². The van der Waals surface area contributed by atoms with Crippen molar-refractivity contribution in [2.75, 3.05) is 7.11 Å². The molecule has 0 saturated heterocycles. The molecule has 1 aromatic heterocycles. The van der Waals surface area contributed by atoms with Crippen molar-refractivity contribution in [3.05, 3.63) is 70.9 Å². The van der Waals surface area contributed by atoms with E-state index >= 15 is 0 Å². The van der Waals surface area contributed by atoms with E-state index in [0.29, 0.717) is 11.1 Å². The lowest BCUT2D eigenvalue weighted by Gasteiger charge is -2.24. The minimum atomic E-state index is 0.0528. The van der Waals surface area contributed by atoms with Crippen molar-refractivity contribution in [2.45, 2.75) is 9.79 Å². The SMILES string of the molecule is COc1ccc2c(c1)c(=O)c1cccc3c1n2-c1ccccc1S3. The molecule has 5 rings (SSSR count). The number of aromatic nitrogens is 1. The topological polar surface area (TPSA) is 31.2 Å². The highest BCUT2D eigenvalue weighted by Gasteiger charge is 2.22. The molecule has 2 heterocycles. The van der Waals surface area contributed by atoms with Crippen molar-refractivity contribution in [1.82, 2.24) is 4.57 Å². The highest BCUT2D eigenvalue weighted by atomic mass is 32.2. The summed E-state index contributed by atoms with van der Waals surface area (Å²) >= 11 is 1.72. The Morgan fingerprint density at radius 3 is 2.62 bits per heavy atom. The van der Waals surface area contributed by atoms with E-state index in [-0.39, 0.29) is 5.43 Å². The van der Waals surface area contributed by atoms with Gasteiger partial charge in [0.1, 0.15) is 5.75 Å². The molecule has 0 atom stereocenters. The summed E-state index contributed by atoms with van der Waals surface area (Å²) in [6.45, 7) is 0. The van der Waals surface area contributed by atoms with Crippen LogP contribution in [-0.4, -0.2) is 11.7 Å². The molecular weight excluding hydrogens is 318 g/mol. The number of fused-ring (bicyclic) bond motifs is 4. The molecule has 0 bridgehead atoms. The van der Waals surface area contributed by atoms with Crippen LogP contribution in [0.4, 0.5) is 0 Å². The lowest BCUT2D eigenvalue weighted by molar-refractivity contribution is 0.415. The van der Waals surface area contributed by atoms with Crippen LogP contribution in [0.2, 0.25) is 0 Å². The van der Waals surface area contributed by atoms with Crippen LogP contribution < -0.4 is 10.2 Å². The summed E-state index contributed by atoms with van der Waals surface area (Å²) in [6, 6.07) is 20.0. The Bertz CT molecular complexity index is 1190. The van der Waals surface area contributed by atoms with E-state index in [1.165, 1.54) is 4.90 Å². The summed E-state index contributed by atoms with van der Waals surface area (Å²) in [5, 5.41) is 1.43. The summed E-state index contributed by atoms with van der Waals surface area (Å²) < 4.78 is 7.52. The Morgan fingerprint density at radius 1 is 0.917 bits per heavy atom. The third-order valence-corrected chi connectivity index (χ3v) is 5.60. The smallest absolute Gasteiger partial charge is 0.197 e. The van der Waals surface area contributed by atoms with Gasteiger partial charge in [0.15, 0.2) is 5.43 Å². The fraction of sp³-hybridized carbons (Fsp3) is 0.0500. The molecule has 0 N–H and O–H groups in total. The van der Waals surface area contributed by atoms with Crippen molar-refractivity contribution in [2.24, 2.45) is 0 Å². The Kier molecular flexibility index (Phi) is 2.79. The second kappa shape index (κ2) is 4.89. The monoisotopic (exact) mass is 331 g/mol. The van der Waals surface area contributed by atoms with Crippen molar-refractivity contribution in [1.29, 1.82) is 0 Å². The van der Waals surface area contributed by atoms with Gasteiger partial charge in [0.05, 0.1) is 29.2 Å². The van der Waals surface area contributed by atoms with E-state index < -0.39 is 0 Å². The third kappa shape index (κ3) is 1.72. The van der Waals surface area contributed by atoms with Crippen LogP contribution in [0.25, 0.3) is 27.5 Å². The van der Waals surface area contributed by atoms with Crippen LogP contribution in [-0.2, 0) is 0 Å². The zero-order chi connectivity index (χ0) is 16.3. The molecule has 3 aromatic carbocycles. The molecule has 0 spiro atoms. The first-order valence-electron chi connectivity index (χ1n) is 7.70. The average Bonchev–Trinajstić information content (AvgIpc) is 2.64. The summed E-state index contributed by atoms with van der Waals surface area (Å²) in [7, 11) is 1.62. The third-order valence-electron chi connectivity index (χ3n) is 4.48. The summed E-state index contributed by atoms with van der Waals surface area (Å²) in [4.78, 5) is 15.3. The van der Waals surface area contributed by atoms with E-state index in [2.05, 4.69) is 22.8 Å². The number of rotatable bonds is 1. The van der Waals surface area contributed by atoms with E-state index in [0.717, 1.165) is 27.0 Å². The van der Waals surface area contributed by atoms with Crippen molar-refractivity contribution in [3.8, 4) is 11.4 Å². The van der Waals surface area contributed by atoms with Gasteiger partial charge in [-0.1, -0.05) is 30.0 Å². The van der Waals surface area contributed by atoms with Gasteiger partial charge in [-0.15, -0.1) is 0 Å². The highest BCUT2D eigenvalue weighted by molar-refractivity contribution is 7.99. The summed E-state index contributed by atoms with van der Waals surface area (Å²) in [6.07, 6.45) is 0. The van der Waals surface area contributed by atoms with Crippen molar-refractivity contribution < 1.29 is 4.74 Å². The largest absolute Gasteiger partial charge is 0.497 e. The van der Waals surface area contributed by atoms with Gasteiger partial charge in [-0.3, -0.25) is 4.79 Å². The van der Waals surface area contributed by atoms with Gasteiger partial charge in [-0.05, 0) is 42.5 Å². The number of para-hydroxylation sites is 2. The van der Waals surface area contributed by atoms with Crippen molar-refractivity contribution >= 4 is 33.6 Å². The van der Waals surface area contributed by atoms with Gasteiger partial charge in [-0.25, -0.2) is 0 Å². The van der Waals surface area contributed by atoms with E-state index in [1.54, 1.807) is 18.9 Å². The second-order valence-electron chi connectivity index (χ2n) is 5.77. The lowest BCUT2D eigenvalue weighted by Crippen LogP contribution is -2.13. The molecule has 4 heteroatoms. The zero-order valence-electron chi connectivity index (χ0n) is 12.9. The maximum atomic E-state index is 13.0. The van der Waals surface area contributed by atoms with E-state index in [4.69, 9.17) is 4.74 Å². The molecule has 4 aromatic rings. The number of nitrogens with zero attached hydrogens (tertiary/aromatic N) is 1. The molecule has 0 radical (unpaired) electrons. The van der Waals surface area contributed by atoms with Gasteiger partial charge in [0, 0.05) is 15.2 Å². The van der Waals surface area contributed by atoms with Gasteiger partial charge < -0.3 is 9.30 Å². The predicted octanol–water partition coefficient (Wildman–Crippen LogP) is 4.62. The molecule has 3 nitrogen and oxygen atoms in total. The van der Waals surface area contributed by atoms with Crippen LogP contribution in [0.5, 0.6) is 5.75 Å². The molecule has 0 amide bonds. The summed E-state index contributed by atoms with van der Waals surface area (Å²) in [5.74, 6) is 0.696. The number of benzene rings is 3. The van der Waals surface area contributed by atoms with Crippen LogP contribution in [0.1, 0.15) is 0 Å². The second-order valence-corrected chi connectivity index (χ2v) is 6.85. The molecule has 1 aliphatic heterocycles. The highest BCUT2D eigenvalue weighted by Crippen LogP contribution is 2.43. The van der Waals surface area contributed by atoms with Gasteiger partial charge in [0.2, 0.25) is 0 Å². The Morgan fingerprint density at radius 2 is 1.75 bits per heavy atom. The fourth-order valence-electron chi connectivity index (χ4n) is 3.40. The van der Waals surface area contributed by atoms with Crippen LogP contribution in [0.15, 0.2) is 75.2 Å². The minimum absolute atomic E-state index is 0.0528. The molecule has 24 heavy (non-hydrogen) atoms. The molecule has 0 saturated carbocycles. The first-order chi connectivity index (χ1) is 11.8. The van der Waals surface area contributed by atoms with Gasteiger partial charge in [-0.2, -0.15) is 0 Å². The van der Waals surface area contributed by atoms with Gasteiger partial charge >= 0.3 is 0 Å². The number of pyridine rings is 1. The molecule has 0 fully saturated rings. The zero-order valence-corrected chi connectivity index (χ0v) is 13.8. The first-order valence-corrected chi connectivity index (χ1v) is 8.52. The number of methoxy groups -OCH3 is 1. The van der Waals surface area contributed by atoms with Crippen LogP contribution >= 0.6 is 11.8 Å². The fourth-order valence-corrected chi connectivity index (χ4v) is 4.49. The predicted molar refractivity (Wildman–Crippen MR) is 97.7 cm³/mol. The Labute approximate surface area is 142 Å². The van der Waals surface area contributed by atoms with E-state index in [1.807, 2.05) is 42.5 Å². The Balaban J connectivity index is 2.09. The maximum Gasteiger partial charge on any atom is 0.197 e. The van der Waals surface area contributed by atoms with Crippen molar-refractivity contribution in [3.63, 3.8) is 0 Å². The van der Waals surface area contributed by atoms with Crippen LogP contribution in [0.3, 0.4) is 0 Å². The van der Waals surface area contributed by atoms with Gasteiger partial charge in [0.25, 0.3) is 0 Å². The first kappa shape index (κ1) is 13.7. The standard InChI is InChI=1S/C20H13NO2S/c1-23-12-9-10-15-14(11-12)20(22)13-5-4-8-18-19(13)21(15)16-6-2-3-7-17(16)24-18/h2-11H,1H3. The number of ether oxygens (including phenoxy) is 1. The average molecular weight is 331 g/mol. The summed E-state index contributed by atoms with van der Waals surface area (Å²) in [5.41, 5.74) is 3.07. The molecular formula is C20H13NO2S. The maximum absolute atomic E-state index is 13.0. The van der Waals surface area contributed by atoms with E-state index in [9.17, 15) is 4.79 Å².